The lowest BCUT2D eigenvalue weighted by atomic mass is 9.99. The summed E-state index contributed by atoms with van der Waals surface area (Å²) in [6.07, 6.45) is 4.43. The van der Waals surface area contributed by atoms with Crippen LogP contribution in [-0.4, -0.2) is 27.6 Å². The molecule has 0 atom stereocenters. The molecule has 5 heteroatoms. The maximum Gasteiger partial charge on any atom is 0.335 e. The summed E-state index contributed by atoms with van der Waals surface area (Å²) < 4.78 is 0. The van der Waals surface area contributed by atoms with E-state index in [0.717, 1.165) is 58.4 Å². The van der Waals surface area contributed by atoms with Crippen molar-refractivity contribution in [3.8, 4) is 22.4 Å². The van der Waals surface area contributed by atoms with Gasteiger partial charge in [0.1, 0.15) is 0 Å². The molecule has 0 aliphatic heterocycles. The zero-order valence-corrected chi connectivity index (χ0v) is 20.5. The molecule has 0 radical (unpaired) electrons. The molecule has 0 aliphatic rings. The minimum atomic E-state index is -0.912. The van der Waals surface area contributed by atoms with Crippen molar-refractivity contribution < 1.29 is 9.90 Å². The van der Waals surface area contributed by atoms with Crippen LogP contribution < -0.4 is 5.32 Å². The van der Waals surface area contributed by atoms with Gasteiger partial charge in [-0.25, -0.2) is 4.79 Å². The number of rotatable bonds is 8. The Morgan fingerprint density at radius 2 is 1.69 bits per heavy atom. The van der Waals surface area contributed by atoms with E-state index >= 15 is 0 Å². The molecule has 0 saturated heterocycles. The fourth-order valence-corrected chi connectivity index (χ4v) is 4.80. The quantitative estimate of drug-likeness (QED) is 0.223. The molecule has 0 aliphatic carbocycles. The van der Waals surface area contributed by atoms with Crippen molar-refractivity contribution in [2.24, 2.45) is 0 Å². The number of pyridine rings is 1. The van der Waals surface area contributed by atoms with Gasteiger partial charge in [0.15, 0.2) is 0 Å². The number of carboxylic acids is 1. The fraction of sp³-hybridized carbons (Fsp3) is 0.161. The van der Waals surface area contributed by atoms with Gasteiger partial charge in [0.25, 0.3) is 0 Å². The molecule has 3 aromatic carbocycles. The van der Waals surface area contributed by atoms with Gasteiger partial charge in [-0.3, -0.25) is 4.98 Å². The first kappa shape index (κ1) is 23.5. The summed E-state index contributed by atoms with van der Waals surface area (Å²) in [5, 5.41) is 14.1. The van der Waals surface area contributed by atoms with Crippen molar-refractivity contribution in [3.05, 3.63) is 113 Å². The van der Waals surface area contributed by atoms with Gasteiger partial charge in [-0.2, -0.15) is 0 Å². The molecule has 5 aromatic rings. The van der Waals surface area contributed by atoms with Crippen LogP contribution >= 0.6 is 0 Å². The molecule has 0 amide bonds. The van der Waals surface area contributed by atoms with Crippen LogP contribution in [0.3, 0.4) is 0 Å². The van der Waals surface area contributed by atoms with Gasteiger partial charge in [-0.15, -0.1) is 0 Å². The number of nitrogens with zero attached hydrogens (tertiary/aromatic N) is 1. The van der Waals surface area contributed by atoms with E-state index in [-0.39, 0.29) is 0 Å². The van der Waals surface area contributed by atoms with Crippen LogP contribution in [0.5, 0.6) is 0 Å². The normalized spacial score (nSPS) is 11.2. The molecule has 0 unspecified atom stereocenters. The summed E-state index contributed by atoms with van der Waals surface area (Å²) in [5.41, 5.74) is 10.5. The van der Waals surface area contributed by atoms with Crippen LogP contribution in [0.2, 0.25) is 0 Å². The van der Waals surface area contributed by atoms with E-state index in [1.807, 2.05) is 18.3 Å². The number of aryl methyl sites for hydroxylation is 2. The topological polar surface area (TPSA) is 78.0 Å². The number of hydrogen-bond acceptors (Lipinski definition) is 3. The first-order chi connectivity index (χ1) is 17.5. The standard InChI is InChI=1S/C31H29N3O2/c1-20-14-21(2)16-26(15-20)30-27(28-17-24(31(35)36)9-10-29(28)34-30)11-13-33-18-22-5-7-23(8-6-22)25-4-3-12-32-19-25/h3-10,12,14-17,19,33-34H,11,13,18H2,1-2H3,(H,35,36). The van der Waals surface area contributed by atoms with Crippen LogP contribution in [0.4, 0.5) is 0 Å². The molecule has 0 saturated carbocycles. The molecule has 0 fully saturated rings. The molecule has 2 heterocycles. The Kier molecular flexibility index (Phi) is 6.65. The summed E-state index contributed by atoms with van der Waals surface area (Å²) >= 11 is 0. The van der Waals surface area contributed by atoms with Gasteiger partial charge < -0.3 is 15.4 Å². The summed E-state index contributed by atoms with van der Waals surface area (Å²) in [6.45, 7) is 5.73. The Morgan fingerprint density at radius 3 is 2.39 bits per heavy atom. The molecule has 0 spiro atoms. The molecule has 5 nitrogen and oxygen atoms in total. The highest BCUT2D eigenvalue weighted by Crippen LogP contribution is 2.32. The molecule has 0 bridgehead atoms. The van der Waals surface area contributed by atoms with Crippen LogP contribution in [0, 0.1) is 13.8 Å². The summed E-state index contributed by atoms with van der Waals surface area (Å²) in [5.74, 6) is -0.912. The number of aromatic amines is 1. The van der Waals surface area contributed by atoms with E-state index in [1.165, 1.54) is 16.7 Å². The molecular weight excluding hydrogens is 446 g/mol. The average Bonchev–Trinajstić information content (AvgIpc) is 3.25. The fourth-order valence-electron chi connectivity index (χ4n) is 4.80. The molecule has 180 valence electrons. The second kappa shape index (κ2) is 10.2. The van der Waals surface area contributed by atoms with Crippen LogP contribution in [0.15, 0.2) is 85.2 Å². The highest BCUT2D eigenvalue weighted by atomic mass is 16.4. The van der Waals surface area contributed by atoms with E-state index in [0.29, 0.717) is 5.56 Å². The minimum absolute atomic E-state index is 0.302. The van der Waals surface area contributed by atoms with Crippen molar-refractivity contribution in [1.82, 2.24) is 15.3 Å². The second-order valence-corrected chi connectivity index (χ2v) is 9.29. The van der Waals surface area contributed by atoms with E-state index in [4.69, 9.17) is 0 Å². The number of carbonyl (C=O) groups is 1. The van der Waals surface area contributed by atoms with E-state index in [1.54, 1.807) is 18.3 Å². The highest BCUT2D eigenvalue weighted by molar-refractivity contribution is 5.97. The molecule has 3 N–H and O–H groups in total. The summed E-state index contributed by atoms with van der Waals surface area (Å²) in [6, 6.07) is 24.4. The van der Waals surface area contributed by atoms with Gasteiger partial charge in [0.05, 0.1) is 5.56 Å². The molecular formula is C31H29N3O2. The zero-order chi connectivity index (χ0) is 25.1. The van der Waals surface area contributed by atoms with Crippen LogP contribution in [0.1, 0.15) is 32.6 Å². The Morgan fingerprint density at radius 1 is 0.917 bits per heavy atom. The Balaban J connectivity index is 1.36. The predicted molar refractivity (Wildman–Crippen MR) is 145 cm³/mol. The Labute approximate surface area is 210 Å². The van der Waals surface area contributed by atoms with Gasteiger partial charge >= 0.3 is 5.97 Å². The van der Waals surface area contributed by atoms with Crippen LogP contribution in [0.25, 0.3) is 33.3 Å². The van der Waals surface area contributed by atoms with Gasteiger partial charge in [0, 0.05) is 35.5 Å². The van der Waals surface area contributed by atoms with Crippen molar-refractivity contribution in [2.45, 2.75) is 26.8 Å². The maximum absolute atomic E-state index is 11.6. The van der Waals surface area contributed by atoms with E-state index < -0.39 is 5.97 Å². The first-order valence-electron chi connectivity index (χ1n) is 12.1. The maximum atomic E-state index is 11.6. The largest absolute Gasteiger partial charge is 0.478 e. The lowest BCUT2D eigenvalue weighted by Gasteiger charge is -2.10. The molecule has 2 aromatic heterocycles. The number of carboxylic acid groups (broad SMARTS) is 1. The summed E-state index contributed by atoms with van der Waals surface area (Å²) in [7, 11) is 0. The van der Waals surface area contributed by atoms with Crippen molar-refractivity contribution in [2.75, 3.05) is 6.54 Å². The Bertz CT molecular complexity index is 1500. The van der Waals surface area contributed by atoms with Gasteiger partial charge in [0.2, 0.25) is 0 Å². The van der Waals surface area contributed by atoms with Gasteiger partial charge in [-0.1, -0.05) is 47.5 Å². The number of nitrogens with one attached hydrogen (secondary N) is 2. The number of aromatic carboxylic acids is 1. The third-order valence-electron chi connectivity index (χ3n) is 6.49. The second-order valence-electron chi connectivity index (χ2n) is 9.29. The van der Waals surface area contributed by atoms with Crippen molar-refractivity contribution >= 4 is 16.9 Å². The highest BCUT2D eigenvalue weighted by Gasteiger charge is 2.16. The molecule has 5 rings (SSSR count). The van der Waals surface area contributed by atoms with E-state index in [2.05, 4.69) is 77.7 Å². The monoisotopic (exact) mass is 475 g/mol. The predicted octanol–water partition coefficient (Wildman–Crippen LogP) is 6.54. The number of hydrogen-bond donors (Lipinski definition) is 3. The summed E-state index contributed by atoms with van der Waals surface area (Å²) in [4.78, 5) is 19.4. The number of aromatic nitrogens is 2. The van der Waals surface area contributed by atoms with Crippen molar-refractivity contribution in [1.29, 1.82) is 0 Å². The number of fused-ring (bicyclic) bond motifs is 1. The van der Waals surface area contributed by atoms with Gasteiger partial charge in [-0.05, 0) is 91.0 Å². The van der Waals surface area contributed by atoms with E-state index in [9.17, 15) is 9.90 Å². The number of H-pyrrole nitrogens is 1. The third kappa shape index (κ3) is 5.07. The van der Waals surface area contributed by atoms with Crippen molar-refractivity contribution in [3.63, 3.8) is 0 Å². The molecule has 36 heavy (non-hydrogen) atoms. The Hall–Kier alpha value is -4.22. The van der Waals surface area contributed by atoms with Crippen LogP contribution in [-0.2, 0) is 13.0 Å². The third-order valence-corrected chi connectivity index (χ3v) is 6.49. The lowest BCUT2D eigenvalue weighted by molar-refractivity contribution is 0.0697. The zero-order valence-electron chi connectivity index (χ0n) is 20.5. The lowest BCUT2D eigenvalue weighted by Crippen LogP contribution is -2.16. The first-order valence-corrected chi connectivity index (χ1v) is 12.1. The number of benzene rings is 3. The smallest absolute Gasteiger partial charge is 0.335 e. The SMILES string of the molecule is Cc1cc(C)cc(-c2[nH]c3ccc(C(=O)O)cc3c2CCNCc2ccc(-c3cccnc3)cc2)c1. The average molecular weight is 476 g/mol. The minimum Gasteiger partial charge on any atom is -0.478 e.